The van der Waals surface area contributed by atoms with E-state index in [0.717, 1.165) is 18.0 Å². The summed E-state index contributed by atoms with van der Waals surface area (Å²) < 4.78 is 67.9. The molecule has 4 unspecified atom stereocenters. The fourth-order valence-corrected chi connectivity index (χ4v) is 5.11. The number of halogens is 2. The Labute approximate surface area is 158 Å². The molecular formula is C14H30Cl2N2O8. The van der Waals surface area contributed by atoms with Crippen molar-refractivity contribution in [3.8, 4) is 0 Å². The van der Waals surface area contributed by atoms with Gasteiger partial charge in [0.2, 0.25) is 0 Å². The van der Waals surface area contributed by atoms with Gasteiger partial charge in [0.05, 0.1) is 28.2 Å². The van der Waals surface area contributed by atoms with Gasteiger partial charge < -0.3 is 9.80 Å². The second-order valence-electron chi connectivity index (χ2n) is 8.20. The second kappa shape index (κ2) is 8.68. The standard InChI is InChI=1S/C14H28N2.2ClHO4/c1-13(2)10-8-9-14(13,3)12(16(6)7)11(10)15(4)5;2*2-1(3,4)5/h10-12H,8-9H2,1-7H3;2*(H,2,3,4,5). The molecule has 2 aliphatic rings. The molecule has 0 radical (unpaired) electrons. The van der Waals surface area contributed by atoms with Crippen molar-refractivity contribution in [1.29, 1.82) is 0 Å². The van der Waals surface area contributed by atoms with Crippen molar-refractivity contribution < 1.29 is 67.6 Å². The van der Waals surface area contributed by atoms with Crippen LogP contribution < -0.4 is 47.1 Å². The Kier molecular flexibility index (Phi) is 8.74. The molecule has 26 heavy (non-hydrogen) atoms. The molecule has 2 N–H and O–H groups in total. The quantitative estimate of drug-likeness (QED) is 0.435. The summed E-state index contributed by atoms with van der Waals surface area (Å²) in [5.41, 5.74) is 1.06. The van der Waals surface area contributed by atoms with Gasteiger partial charge in [-0.2, -0.15) is 0 Å². The molecule has 12 heteroatoms. The fourth-order valence-electron chi connectivity index (χ4n) is 5.11. The molecule has 0 heterocycles. The van der Waals surface area contributed by atoms with Crippen LogP contribution in [0.4, 0.5) is 0 Å². The first kappa shape index (κ1) is 26.2. The zero-order chi connectivity index (χ0) is 21.3. The molecule has 0 saturated heterocycles. The summed E-state index contributed by atoms with van der Waals surface area (Å²) in [7, 11) is -0.493. The van der Waals surface area contributed by atoms with Crippen molar-refractivity contribution in [1.82, 2.24) is 0 Å². The van der Waals surface area contributed by atoms with Gasteiger partial charge in [0.25, 0.3) is 0 Å². The van der Waals surface area contributed by atoms with Gasteiger partial charge >= 0.3 is 0 Å². The second-order valence-corrected chi connectivity index (χ2v) is 9.71. The first-order chi connectivity index (χ1) is 11.2. The Morgan fingerprint density at radius 1 is 0.731 bits per heavy atom. The number of likely N-dealkylation sites (N-methyl/N-ethyl adjacent to an activating group) is 2. The Morgan fingerprint density at radius 2 is 1.08 bits per heavy atom. The molecular weight excluding hydrogens is 395 g/mol. The van der Waals surface area contributed by atoms with Gasteiger partial charge in [0, 0.05) is 11.3 Å². The first-order valence-corrected chi connectivity index (χ1v) is 10.5. The summed E-state index contributed by atoms with van der Waals surface area (Å²) in [5.74, 6) is 0.919. The number of hydrogen-bond acceptors (Lipinski definition) is 8. The van der Waals surface area contributed by atoms with Gasteiger partial charge in [-0.05, 0) is 18.3 Å². The minimum atomic E-state index is -4.94. The van der Waals surface area contributed by atoms with Crippen LogP contribution in [0.3, 0.4) is 0 Å². The molecule has 0 spiro atoms. The van der Waals surface area contributed by atoms with E-state index in [-0.39, 0.29) is 0 Å². The lowest BCUT2D eigenvalue weighted by atomic mass is 9.69. The van der Waals surface area contributed by atoms with Crippen LogP contribution in [0.25, 0.3) is 0 Å². The maximum absolute atomic E-state index is 8.49. The van der Waals surface area contributed by atoms with E-state index in [1.165, 1.54) is 12.8 Å². The molecule has 2 bridgehead atoms. The van der Waals surface area contributed by atoms with E-state index < -0.39 is 20.5 Å². The van der Waals surface area contributed by atoms with Crippen LogP contribution in [-0.4, -0.2) is 40.3 Å². The monoisotopic (exact) mass is 424 g/mol. The largest absolute Gasteiger partial charge is 0.332 e. The van der Waals surface area contributed by atoms with Crippen molar-refractivity contribution in [2.75, 3.05) is 28.2 Å². The van der Waals surface area contributed by atoms with Crippen LogP contribution >= 0.6 is 0 Å². The first-order valence-electron chi connectivity index (χ1n) is 8.07. The van der Waals surface area contributed by atoms with Gasteiger partial charge in [-0.25, -0.2) is 37.3 Å². The van der Waals surface area contributed by atoms with E-state index in [2.05, 4.69) is 49.0 Å². The highest BCUT2D eigenvalue weighted by molar-refractivity contribution is 5.14. The molecule has 0 aromatic heterocycles. The molecule has 10 nitrogen and oxygen atoms in total. The fraction of sp³-hybridized carbons (Fsp3) is 1.00. The zero-order valence-corrected chi connectivity index (χ0v) is 17.7. The average Bonchev–Trinajstić information content (AvgIpc) is 2.64. The van der Waals surface area contributed by atoms with E-state index in [1.54, 1.807) is 9.80 Å². The lowest BCUT2D eigenvalue weighted by Gasteiger charge is -2.40. The van der Waals surface area contributed by atoms with E-state index >= 15 is 0 Å². The molecule has 2 saturated carbocycles. The Balaban J connectivity index is 0.000000520. The third kappa shape index (κ3) is 6.97. The molecule has 0 amide bonds. The molecule has 4 atom stereocenters. The molecule has 2 rings (SSSR count). The number of nitrogens with one attached hydrogen (secondary N) is 2. The van der Waals surface area contributed by atoms with Crippen molar-refractivity contribution >= 4 is 0 Å². The molecule has 2 aliphatic carbocycles. The van der Waals surface area contributed by atoms with Crippen LogP contribution in [0.2, 0.25) is 0 Å². The number of hydrogen-bond donors (Lipinski definition) is 2. The lowest BCUT2D eigenvalue weighted by Crippen LogP contribution is -3.22. The maximum atomic E-state index is 8.49. The third-order valence-electron chi connectivity index (χ3n) is 6.14. The van der Waals surface area contributed by atoms with Crippen LogP contribution in [0.1, 0.15) is 33.6 Å². The number of quaternary nitrogens is 2. The van der Waals surface area contributed by atoms with E-state index in [0.29, 0.717) is 10.8 Å². The van der Waals surface area contributed by atoms with E-state index in [9.17, 15) is 0 Å². The Hall–Kier alpha value is 0.180. The third-order valence-corrected chi connectivity index (χ3v) is 6.14. The summed E-state index contributed by atoms with van der Waals surface area (Å²) in [6.07, 6.45) is 2.88. The van der Waals surface area contributed by atoms with Crippen LogP contribution in [0.5, 0.6) is 0 Å². The summed E-state index contributed by atoms with van der Waals surface area (Å²) in [6.45, 7) is 7.58. The molecule has 2 fully saturated rings. The molecule has 0 aromatic rings. The summed E-state index contributed by atoms with van der Waals surface area (Å²) >= 11 is 0. The number of rotatable bonds is 2. The molecule has 0 aliphatic heterocycles. The SMILES string of the molecule is C[NH+](C)C1C2CCC(C)(C1[NH+](C)C)C2(C)C.[O-][Cl+3]([O-])([O-])[O-].[O-][Cl+3]([O-])([O-])[O-]. The van der Waals surface area contributed by atoms with Crippen LogP contribution in [-0.2, 0) is 0 Å². The van der Waals surface area contributed by atoms with Gasteiger partial charge in [-0.15, -0.1) is 20.5 Å². The summed E-state index contributed by atoms with van der Waals surface area (Å²) in [5, 5.41) is 0. The highest BCUT2D eigenvalue weighted by atomic mass is 35.7. The predicted molar refractivity (Wildman–Crippen MR) is 67.8 cm³/mol. The van der Waals surface area contributed by atoms with Gasteiger partial charge in [-0.1, -0.05) is 20.8 Å². The topological polar surface area (TPSA) is 193 Å². The molecule has 158 valence electrons. The van der Waals surface area contributed by atoms with Gasteiger partial charge in [0.1, 0.15) is 12.1 Å². The van der Waals surface area contributed by atoms with Crippen LogP contribution in [0, 0.1) is 37.2 Å². The minimum Gasteiger partial charge on any atom is -0.332 e. The van der Waals surface area contributed by atoms with Crippen molar-refractivity contribution in [2.45, 2.75) is 45.7 Å². The summed E-state index contributed by atoms with van der Waals surface area (Å²) in [4.78, 5) is 3.32. The van der Waals surface area contributed by atoms with Gasteiger partial charge in [-0.3, -0.25) is 0 Å². The van der Waals surface area contributed by atoms with Gasteiger partial charge in [0.15, 0.2) is 0 Å². The normalized spacial score (nSPS) is 32.9. The zero-order valence-electron chi connectivity index (χ0n) is 16.2. The average molecular weight is 425 g/mol. The molecule has 0 aromatic carbocycles. The van der Waals surface area contributed by atoms with Crippen molar-refractivity contribution in [2.24, 2.45) is 16.7 Å². The Morgan fingerprint density at radius 3 is 1.31 bits per heavy atom. The van der Waals surface area contributed by atoms with E-state index in [1.807, 2.05) is 0 Å². The maximum Gasteiger partial charge on any atom is 0.146 e. The lowest BCUT2D eigenvalue weighted by molar-refractivity contribution is -2.00. The summed E-state index contributed by atoms with van der Waals surface area (Å²) in [6, 6.07) is 1.67. The highest BCUT2D eigenvalue weighted by Gasteiger charge is 2.71. The van der Waals surface area contributed by atoms with Crippen molar-refractivity contribution in [3.63, 3.8) is 0 Å². The number of fused-ring (bicyclic) bond motifs is 2. The van der Waals surface area contributed by atoms with Crippen molar-refractivity contribution in [3.05, 3.63) is 0 Å². The van der Waals surface area contributed by atoms with Crippen LogP contribution in [0.15, 0.2) is 0 Å². The Bertz CT molecular complexity index is 429. The highest BCUT2D eigenvalue weighted by Crippen LogP contribution is 2.64. The predicted octanol–water partition coefficient (Wildman–Crippen LogP) is -10.0. The van der Waals surface area contributed by atoms with E-state index in [4.69, 9.17) is 37.3 Å². The minimum absolute atomic E-state index is 0.525. The smallest absolute Gasteiger partial charge is 0.146 e.